The summed E-state index contributed by atoms with van der Waals surface area (Å²) >= 11 is 0. The largest absolute Gasteiger partial charge is 0.339 e. The van der Waals surface area contributed by atoms with Crippen LogP contribution in [0, 0.1) is 0 Å². The molecular weight excluding hydrogens is 228 g/mol. The molecule has 2 aromatic rings. The molecule has 0 atom stereocenters. The molecule has 1 aliphatic rings. The van der Waals surface area contributed by atoms with Crippen molar-refractivity contribution >= 4 is 0 Å². The fraction of sp³-hybridized carbons (Fsp3) is 0.462. The highest BCUT2D eigenvalue weighted by Gasteiger charge is 2.34. The van der Waals surface area contributed by atoms with Gasteiger partial charge in [-0.15, -0.1) is 0 Å². The predicted molar refractivity (Wildman–Crippen MR) is 65.8 cm³/mol. The van der Waals surface area contributed by atoms with Crippen molar-refractivity contribution in [1.29, 1.82) is 0 Å². The van der Waals surface area contributed by atoms with Gasteiger partial charge in [0.05, 0.1) is 0 Å². The van der Waals surface area contributed by atoms with Crippen LogP contribution < -0.4 is 5.73 Å². The van der Waals surface area contributed by atoms with Crippen molar-refractivity contribution in [2.24, 2.45) is 5.73 Å². The third-order valence-electron chi connectivity index (χ3n) is 3.45. The maximum atomic E-state index is 6.16. The summed E-state index contributed by atoms with van der Waals surface area (Å²) in [7, 11) is 0. The third-order valence-corrected chi connectivity index (χ3v) is 3.45. The minimum Gasteiger partial charge on any atom is -0.339 e. The Bertz CT molecular complexity index is 519. The van der Waals surface area contributed by atoms with Gasteiger partial charge < -0.3 is 10.3 Å². The summed E-state index contributed by atoms with van der Waals surface area (Å²) in [5, 5.41) is 3.98. The van der Waals surface area contributed by atoms with Crippen LogP contribution in [-0.2, 0) is 12.8 Å². The second kappa shape index (κ2) is 4.49. The van der Waals surface area contributed by atoms with E-state index >= 15 is 0 Å². The summed E-state index contributed by atoms with van der Waals surface area (Å²) in [6.07, 6.45) is 8.20. The lowest BCUT2D eigenvalue weighted by atomic mass is 9.75. The van der Waals surface area contributed by atoms with Crippen LogP contribution in [-0.4, -0.2) is 20.7 Å². The SMILES string of the molecule is NC1(Cc2nc(Cc3cccnc3)no2)CCC1. The standard InChI is InChI=1S/C13H16N4O/c14-13(4-2-5-13)8-12-16-11(17-18-12)7-10-3-1-6-15-9-10/h1,3,6,9H,2,4-5,7-8,14H2. The molecule has 94 valence electrons. The van der Waals surface area contributed by atoms with E-state index in [-0.39, 0.29) is 5.54 Å². The van der Waals surface area contributed by atoms with Gasteiger partial charge in [0.15, 0.2) is 5.82 Å². The highest BCUT2D eigenvalue weighted by molar-refractivity contribution is 5.14. The van der Waals surface area contributed by atoms with Crippen molar-refractivity contribution in [2.75, 3.05) is 0 Å². The van der Waals surface area contributed by atoms with Gasteiger partial charge in [-0.1, -0.05) is 11.2 Å². The first-order valence-corrected chi connectivity index (χ1v) is 6.23. The van der Waals surface area contributed by atoms with Crippen molar-refractivity contribution in [2.45, 2.75) is 37.6 Å². The zero-order valence-corrected chi connectivity index (χ0v) is 10.2. The van der Waals surface area contributed by atoms with Gasteiger partial charge in [0.1, 0.15) is 0 Å². The van der Waals surface area contributed by atoms with Gasteiger partial charge in [0.25, 0.3) is 0 Å². The molecule has 0 spiro atoms. The summed E-state index contributed by atoms with van der Waals surface area (Å²) in [5.74, 6) is 1.34. The van der Waals surface area contributed by atoms with Crippen molar-refractivity contribution in [3.05, 3.63) is 41.8 Å². The molecule has 1 saturated carbocycles. The molecule has 5 nitrogen and oxygen atoms in total. The maximum absolute atomic E-state index is 6.16. The summed E-state index contributed by atoms with van der Waals surface area (Å²) in [6, 6.07) is 3.90. The molecule has 0 amide bonds. The molecule has 1 aliphatic carbocycles. The Morgan fingerprint density at radius 1 is 1.39 bits per heavy atom. The van der Waals surface area contributed by atoms with Gasteiger partial charge in [-0.25, -0.2) is 0 Å². The molecule has 3 rings (SSSR count). The zero-order valence-electron chi connectivity index (χ0n) is 10.2. The second-order valence-electron chi connectivity index (χ2n) is 5.04. The molecule has 18 heavy (non-hydrogen) atoms. The average Bonchev–Trinajstić information content (AvgIpc) is 2.76. The quantitative estimate of drug-likeness (QED) is 0.881. The number of rotatable bonds is 4. The highest BCUT2D eigenvalue weighted by atomic mass is 16.5. The number of nitrogens with zero attached hydrogens (tertiary/aromatic N) is 3. The van der Waals surface area contributed by atoms with Gasteiger partial charge in [0.2, 0.25) is 5.89 Å². The Morgan fingerprint density at radius 3 is 2.94 bits per heavy atom. The lowest BCUT2D eigenvalue weighted by Gasteiger charge is -2.36. The topological polar surface area (TPSA) is 77.8 Å². The molecule has 0 radical (unpaired) electrons. The fourth-order valence-electron chi connectivity index (χ4n) is 2.23. The zero-order chi connectivity index (χ0) is 12.4. The molecule has 1 fully saturated rings. The normalized spacial score (nSPS) is 17.4. The Morgan fingerprint density at radius 2 is 2.28 bits per heavy atom. The predicted octanol–water partition coefficient (Wildman–Crippen LogP) is 1.48. The lowest BCUT2D eigenvalue weighted by Crippen LogP contribution is -2.48. The number of pyridine rings is 1. The van der Waals surface area contributed by atoms with Crippen LogP contribution in [0.5, 0.6) is 0 Å². The molecule has 0 aromatic carbocycles. The van der Waals surface area contributed by atoms with Crippen LogP contribution in [0.3, 0.4) is 0 Å². The molecule has 2 heterocycles. The summed E-state index contributed by atoms with van der Waals surface area (Å²) in [4.78, 5) is 8.45. The highest BCUT2D eigenvalue weighted by Crippen LogP contribution is 2.31. The van der Waals surface area contributed by atoms with Crippen molar-refractivity contribution < 1.29 is 4.52 Å². The third kappa shape index (κ3) is 2.41. The second-order valence-corrected chi connectivity index (χ2v) is 5.04. The Hall–Kier alpha value is -1.75. The van der Waals surface area contributed by atoms with Crippen molar-refractivity contribution in [3.8, 4) is 0 Å². The molecule has 2 aromatic heterocycles. The van der Waals surface area contributed by atoms with E-state index in [2.05, 4.69) is 15.1 Å². The first-order chi connectivity index (χ1) is 8.73. The van der Waals surface area contributed by atoms with E-state index in [0.29, 0.717) is 24.6 Å². The molecular formula is C13H16N4O. The van der Waals surface area contributed by atoms with Gasteiger partial charge in [-0.2, -0.15) is 4.98 Å². The molecule has 0 unspecified atom stereocenters. The summed E-state index contributed by atoms with van der Waals surface area (Å²) in [5.41, 5.74) is 7.13. The van der Waals surface area contributed by atoms with Gasteiger partial charge in [0, 0.05) is 30.8 Å². The van der Waals surface area contributed by atoms with Crippen LogP contribution in [0.4, 0.5) is 0 Å². The van der Waals surface area contributed by atoms with Crippen LogP contribution >= 0.6 is 0 Å². The van der Waals surface area contributed by atoms with E-state index in [0.717, 1.165) is 18.4 Å². The Labute approximate surface area is 105 Å². The van der Waals surface area contributed by atoms with E-state index in [1.165, 1.54) is 6.42 Å². The van der Waals surface area contributed by atoms with Crippen LogP contribution in [0.1, 0.15) is 36.5 Å². The van der Waals surface area contributed by atoms with Crippen molar-refractivity contribution in [3.63, 3.8) is 0 Å². The molecule has 0 aliphatic heterocycles. The van der Waals surface area contributed by atoms with Crippen LogP contribution in [0.25, 0.3) is 0 Å². The first kappa shape index (κ1) is 11.3. The number of aromatic nitrogens is 3. The van der Waals surface area contributed by atoms with E-state index in [1.54, 1.807) is 6.20 Å². The Kier molecular flexibility index (Phi) is 2.83. The minimum absolute atomic E-state index is 0.113. The lowest BCUT2D eigenvalue weighted by molar-refractivity contribution is 0.221. The van der Waals surface area contributed by atoms with Crippen molar-refractivity contribution in [1.82, 2.24) is 15.1 Å². The molecule has 5 heteroatoms. The van der Waals surface area contributed by atoms with Gasteiger partial charge >= 0.3 is 0 Å². The minimum atomic E-state index is -0.113. The van der Waals surface area contributed by atoms with E-state index in [9.17, 15) is 0 Å². The Balaban J connectivity index is 1.66. The van der Waals surface area contributed by atoms with E-state index in [4.69, 9.17) is 10.3 Å². The van der Waals surface area contributed by atoms with E-state index in [1.807, 2.05) is 18.3 Å². The smallest absolute Gasteiger partial charge is 0.228 e. The number of hydrogen-bond acceptors (Lipinski definition) is 5. The summed E-state index contributed by atoms with van der Waals surface area (Å²) < 4.78 is 5.25. The van der Waals surface area contributed by atoms with Gasteiger partial charge in [-0.3, -0.25) is 4.98 Å². The molecule has 0 bridgehead atoms. The maximum Gasteiger partial charge on any atom is 0.228 e. The molecule has 0 saturated heterocycles. The monoisotopic (exact) mass is 244 g/mol. The van der Waals surface area contributed by atoms with Crippen LogP contribution in [0.15, 0.2) is 29.0 Å². The fourth-order valence-corrected chi connectivity index (χ4v) is 2.23. The van der Waals surface area contributed by atoms with E-state index < -0.39 is 0 Å². The number of hydrogen-bond donors (Lipinski definition) is 1. The van der Waals surface area contributed by atoms with Crippen LogP contribution in [0.2, 0.25) is 0 Å². The number of nitrogens with two attached hydrogens (primary N) is 1. The summed E-state index contributed by atoms with van der Waals surface area (Å²) in [6.45, 7) is 0. The first-order valence-electron chi connectivity index (χ1n) is 6.23. The molecule has 2 N–H and O–H groups in total. The van der Waals surface area contributed by atoms with Gasteiger partial charge in [-0.05, 0) is 30.9 Å². The average molecular weight is 244 g/mol.